The fraction of sp³-hybridized carbons (Fsp3) is 0.235. The molecule has 1 aliphatic carbocycles. The van der Waals surface area contributed by atoms with E-state index in [-0.39, 0.29) is 5.17 Å². The molecule has 0 aromatic heterocycles. The summed E-state index contributed by atoms with van der Waals surface area (Å²) >= 11 is 1.44. The third-order valence-corrected chi connectivity index (χ3v) is 4.74. The summed E-state index contributed by atoms with van der Waals surface area (Å²) in [6.07, 6.45) is 2.18. The molecular formula is C17H18N2S. The van der Waals surface area contributed by atoms with E-state index >= 15 is 0 Å². The van der Waals surface area contributed by atoms with E-state index in [9.17, 15) is 0 Å². The maximum atomic E-state index is 7.48. The lowest BCUT2D eigenvalue weighted by Gasteiger charge is -2.19. The minimum atomic E-state index is 0.198. The average molecular weight is 282 g/mol. The normalized spacial score (nSPS) is 14.2. The summed E-state index contributed by atoms with van der Waals surface area (Å²) in [7, 11) is 0. The van der Waals surface area contributed by atoms with Crippen LogP contribution in [-0.2, 0) is 12.8 Å². The molecular weight excluding hydrogens is 264 g/mol. The van der Waals surface area contributed by atoms with E-state index in [4.69, 9.17) is 11.1 Å². The van der Waals surface area contributed by atoms with Crippen molar-refractivity contribution in [1.82, 2.24) is 0 Å². The second-order valence-electron chi connectivity index (χ2n) is 5.13. The zero-order valence-corrected chi connectivity index (χ0v) is 12.1. The molecule has 0 atom stereocenters. The third-order valence-electron chi connectivity index (χ3n) is 3.93. The molecule has 3 heteroatoms. The van der Waals surface area contributed by atoms with Gasteiger partial charge in [-0.2, -0.15) is 0 Å². The molecule has 1 aliphatic rings. The maximum Gasteiger partial charge on any atom is 0.151 e. The third kappa shape index (κ3) is 2.59. The van der Waals surface area contributed by atoms with Gasteiger partial charge in [0.2, 0.25) is 0 Å². The van der Waals surface area contributed by atoms with Crippen LogP contribution in [0.15, 0.2) is 48.5 Å². The van der Waals surface area contributed by atoms with Crippen molar-refractivity contribution >= 4 is 16.9 Å². The fourth-order valence-electron chi connectivity index (χ4n) is 2.99. The van der Waals surface area contributed by atoms with Crippen molar-refractivity contribution in [2.75, 3.05) is 5.75 Å². The first-order chi connectivity index (χ1) is 9.75. The van der Waals surface area contributed by atoms with Crippen LogP contribution in [0.2, 0.25) is 0 Å². The summed E-state index contributed by atoms with van der Waals surface area (Å²) < 4.78 is 0. The van der Waals surface area contributed by atoms with Gasteiger partial charge < -0.3 is 5.73 Å². The van der Waals surface area contributed by atoms with Gasteiger partial charge in [-0.15, -0.1) is 0 Å². The molecule has 0 unspecified atom stereocenters. The molecule has 2 aromatic rings. The summed E-state index contributed by atoms with van der Waals surface area (Å²) in [5, 5.41) is 7.67. The van der Waals surface area contributed by atoms with Gasteiger partial charge in [-0.3, -0.25) is 5.41 Å². The molecule has 2 nitrogen and oxygen atoms in total. The van der Waals surface area contributed by atoms with Gasteiger partial charge in [0.15, 0.2) is 5.17 Å². The first-order valence-corrected chi connectivity index (χ1v) is 7.86. The van der Waals surface area contributed by atoms with Crippen LogP contribution in [0.1, 0.15) is 28.2 Å². The molecule has 0 fully saturated rings. The predicted octanol–water partition coefficient (Wildman–Crippen LogP) is 3.54. The van der Waals surface area contributed by atoms with Crippen molar-refractivity contribution in [3.05, 3.63) is 70.8 Å². The molecule has 0 spiro atoms. The molecule has 0 amide bonds. The summed E-state index contributed by atoms with van der Waals surface area (Å²) in [6.45, 7) is 0. The van der Waals surface area contributed by atoms with E-state index in [0.29, 0.717) is 5.92 Å². The van der Waals surface area contributed by atoms with E-state index in [1.54, 1.807) is 0 Å². The monoisotopic (exact) mass is 282 g/mol. The lowest BCUT2D eigenvalue weighted by Crippen LogP contribution is -2.11. The Kier molecular flexibility index (Phi) is 3.79. The largest absolute Gasteiger partial charge is 0.379 e. The molecule has 0 aliphatic heterocycles. The number of benzene rings is 2. The Morgan fingerprint density at radius 2 is 1.50 bits per heavy atom. The van der Waals surface area contributed by atoms with Crippen molar-refractivity contribution in [3.8, 4) is 0 Å². The van der Waals surface area contributed by atoms with Crippen LogP contribution in [-0.4, -0.2) is 10.9 Å². The Labute approximate surface area is 123 Å². The summed E-state index contributed by atoms with van der Waals surface area (Å²) in [5.41, 5.74) is 11.2. The highest BCUT2D eigenvalue weighted by Gasteiger charge is 2.23. The average Bonchev–Trinajstić information content (AvgIpc) is 2.62. The molecule has 20 heavy (non-hydrogen) atoms. The van der Waals surface area contributed by atoms with Crippen molar-refractivity contribution in [2.24, 2.45) is 5.73 Å². The molecule has 2 aromatic carbocycles. The zero-order valence-electron chi connectivity index (χ0n) is 11.3. The first kappa shape index (κ1) is 13.3. The number of fused-ring (bicyclic) bond motifs is 2. The first-order valence-electron chi connectivity index (χ1n) is 6.88. The van der Waals surface area contributed by atoms with Gasteiger partial charge in [0.05, 0.1) is 0 Å². The predicted molar refractivity (Wildman–Crippen MR) is 86.5 cm³/mol. The van der Waals surface area contributed by atoms with Crippen LogP contribution in [0, 0.1) is 5.41 Å². The lowest BCUT2D eigenvalue weighted by atomic mass is 9.90. The molecule has 3 N–H and O–H groups in total. The van der Waals surface area contributed by atoms with Crippen LogP contribution in [0.4, 0.5) is 0 Å². The smallest absolute Gasteiger partial charge is 0.151 e. The minimum absolute atomic E-state index is 0.198. The van der Waals surface area contributed by atoms with Crippen molar-refractivity contribution in [2.45, 2.75) is 18.8 Å². The molecule has 0 saturated carbocycles. The number of thioether (sulfide) groups is 1. The van der Waals surface area contributed by atoms with E-state index in [2.05, 4.69) is 48.5 Å². The van der Waals surface area contributed by atoms with E-state index in [1.165, 1.54) is 34.0 Å². The number of hydrogen-bond acceptors (Lipinski definition) is 2. The van der Waals surface area contributed by atoms with Gasteiger partial charge in [-0.1, -0.05) is 60.3 Å². The number of rotatable bonds is 2. The number of nitrogens with two attached hydrogens (primary N) is 1. The highest BCUT2D eigenvalue weighted by Crippen LogP contribution is 2.36. The van der Waals surface area contributed by atoms with E-state index < -0.39 is 0 Å². The van der Waals surface area contributed by atoms with E-state index in [0.717, 1.165) is 18.6 Å². The number of nitrogens with one attached hydrogen (secondary N) is 1. The van der Waals surface area contributed by atoms with E-state index in [1.807, 2.05) is 0 Å². The highest BCUT2D eigenvalue weighted by molar-refractivity contribution is 8.13. The number of hydrogen-bond donors (Lipinski definition) is 2. The van der Waals surface area contributed by atoms with Crippen LogP contribution in [0.5, 0.6) is 0 Å². The summed E-state index contributed by atoms with van der Waals surface area (Å²) in [4.78, 5) is 0. The zero-order chi connectivity index (χ0) is 13.9. The second-order valence-corrected chi connectivity index (χ2v) is 6.19. The van der Waals surface area contributed by atoms with Crippen molar-refractivity contribution in [1.29, 1.82) is 5.41 Å². The fourth-order valence-corrected chi connectivity index (χ4v) is 3.70. The van der Waals surface area contributed by atoms with Crippen LogP contribution in [0.3, 0.4) is 0 Å². The maximum absolute atomic E-state index is 7.48. The van der Waals surface area contributed by atoms with Crippen LogP contribution in [0.25, 0.3) is 0 Å². The van der Waals surface area contributed by atoms with Gasteiger partial charge in [0.25, 0.3) is 0 Å². The summed E-state index contributed by atoms with van der Waals surface area (Å²) in [6, 6.07) is 17.4. The Bertz CT molecular complexity index is 589. The molecule has 102 valence electrons. The Hall–Kier alpha value is -1.74. The van der Waals surface area contributed by atoms with Gasteiger partial charge in [0, 0.05) is 11.7 Å². The molecule has 3 rings (SSSR count). The molecule has 0 heterocycles. The van der Waals surface area contributed by atoms with Crippen LogP contribution >= 0.6 is 11.8 Å². The Morgan fingerprint density at radius 1 is 1.00 bits per heavy atom. The van der Waals surface area contributed by atoms with Gasteiger partial charge in [-0.25, -0.2) is 0 Å². The number of aryl methyl sites for hydroxylation is 2. The molecule has 0 radical (unpaired) electrons. The van der Waals surface area contributed by atoms with Gasteiger partial charge in [0.1, 0.15) is 0 Å². The van der Waals surface area contributed by atoms with Crippen molar-refractivity contribution in [3.63, 3.8) is 0 Å². The molecule has 0 saturated heterocycles. The van der Waals surface area contributed by atoms with Gasteiger partial charge >= 0.3 is 0 Å². The van der Waals surface area contributed by atoms with Gasteiger partial charge in [-0.05, 0) is 35.1 Å². The summed E-state index contributed by atoms with van der Waals surface area (Å²) in [5.74, 6) is 1.17. The van der Waals surface area contributed by atoms with Crippen LogP contribution < -0.4 is 5.73 Å². The SMILES string of the molecule is N=C(N)SCC1c2ccccc2CCc2ccccc21. The van der Waals surface area contributed by atoms with Crippen molar-refractivity contribution < 1.29 is 0 Å². The number of amidine groups is 1. The topological polar surface area (TPSA) is 49.9 Å². The minimum Gasteiger partial charge on any atom is -0.379 e. The Balaban J connectivity index is 2.06. The highest BCUT2D eigenvalue weighted by atomic mass is 32.2. The lowest BCUT2D eigenvalue weighted by molar-refractivity contribution is 0.928. The molecule has 0 bridgehead atoms. The second kappa shape index (κ2) is 5.71. The Morgan fingerprint density at radius 3 is 2.00 bits per heavy atom. The quantitative estimate of drug-likeness (QED) is 0.654. The standard InChI is InChI=1S/C17H18N2S/c18-17(19)20-11-16-14-7-3-1-5-12(14)9-10-13-6-2-4-8-15(13)16/h1-8,16H,9-11H2,(H3,18,19).